The van der Waals surface area contributed by atoms with E-state index in [2.05, 4.69) is 103 Å². The SMILES string of the molecule is c1ccc(-c2cc(-c3ccc4c(c3)nc(-c3ccccc3)c3c5ccccc5sc43)nc(-c3ccccc3)n2)cc1. The summed E-state index contributed by atoms with van der Waals surface area (Å²) in [6, 6.07) is 48.2. The fraction of sp³-hybridized carbons (Fsp3) is 0. The van der Waals surface area contributed by atoms with Crippen molar-refractivity contribution in [2.45, 2.75) is 0 Å². The predicted molar refractivity (Wildman–Crippen MR) is 172 cm³/mol. The predicted octanol–water partition coefficient (Wildman–Crippen LogP) is 10.1. The first-order valence-electron chi connectivity index (χ1n) is 13.6. The van der Waals surface area contributed by atoms with Crippen molar-refractivity contribution in [3.63, 3.8) is 0 Å². The molecule has 3 nitrogen and oxygen atoms in total. The molecule has 0 aliphatic rings. The van der Waals surface area contributed by atoms with Gasteiger partial charge in [-0.15, -0.1) is 11.3 Å². The number of pyridine rings is 1. The Morgan fingerprint density at radius 1 is 0.439 bits per heavy atom. The van der Waals surface area contributed by atoms with Gasteiger partial charge in [0.05, 0.1) is 22.6 Å². The Hall–Kier alpha value is -5.19. The third-order valence-electron chi connectivity index (χ3n) is 7.48. The summed E-state index contributed by atoms with van der Waals surface area (Å²) in [5.41, 5.74) is 7.93. The fourth-order valence-electron chi connectivity index (χ4n) is 5.50. The van der Waals surface area contributed by atoms with E-state index in [1.54, 1.807) is 0 Å². The summed E-state index contributed by atoms with van der Waals surface area (Å²) in [6.07, 6.45) is 0. The van der Waals surface area contributed by atoms with E-state index in [0.717, 1.165) is 50.2 Å². The monoisotopic (exact) mass is 541 g/mol. The maximum Gasteiger partial charge on any atom is 0.160 e. The summed E-state index contributed by atoms with van der Waals surface area (Å²) in [5.74, 6) is 0.708. The number of nitrogens with zero attached hydrogens (tertiary/aromatic N) is 3. The third kappa shape index (κ3) is 4.17. The van der Waals surface area contributed by atoms with Crippen LogP contribution in [0.25, 0.3) is 76.2 Å². The highest BCUT2D eigenvalue weighted by atomic mass is 32.1. The molecule has 0 bridgehead atoms. The summed E-state index contributed by atoms with van der Waals surface area (Å²) in [5, 5.41) is 3.63. The van der Waals surface area contributed by atoms with Crippen molar-refractivity contribution in [1.29, 1.82) is 0 Å². The van der Waals surface area contributed by atoms with Crippen molar-refractivity contribution in [1.82, 2.24) is 15.0 Å². The second-order valence-corrected chi connectivity index (χ2v) is 11.1. The zero-order valence-corrected chi connectivity index (χ0v) is 22.8. The average Bonchev–Trinajstić information content (AvgIpc) is 3.45. The molecule has 0 amide bonds. The highest BCUT2D eigenvalue weighted by Crippen LogP contribution is 2.43. The van der Waals surface area contributed by atoms with Gasteiger partial charge in [0.1, 0.15) is 0 Å². The first-order chi connectivity index (χ1) is 20.3. The lowest BCUT2D eigenvalue weighted by molar-refractivity contribution is 1.18. The number of fused-ring (bicyclic) bond motifs is 5. The van der Waals surface area contributed by atoms with Gasteiger partial charge in [-0.05, 0) is 18.2 Å². The van der Waals surface area contributed by atoms with E-state index in [1.165, 1.54) is 20.2 Å². The molecule has 5 aromatic carbocycles. The standard InChI is InChI=1S/C37H23N3S/c1-4-12-24(13-5-1)30-23-31(40-37(39-30)26-16-8-3-9-17-26)27-20-21-28-32(22-27)38-35(25-14-6-2-7-15-25)34-29-18-10-11-19-33(29)41-36(28)34/h1-23H. The summed E-state index contributed by atoms with van der Waals surface area (Å²) >= 11 is 1.84. The molecule has 41 heavy (non-hydrogen) atoms. The molecule has 3 aromatic heterocycles. The van der Waals surface area contributed by atoms with Crippen LogP contribution in [0.5, 0.6) is 0 Å². The Morgan fingerprint density at radius 2 is 1.05 bits per heavy atom. The molecule has 4 heteroatoms. The van der Waals surface area contributed by atoms with Gasteiger partial charge in [-0.1, -0.05) is 121 Å². The smallest absolute Gasteiger partial charge is 0.160 e. The molecule has 192 valence electrons. The van der Waals surface area contributed by atoms with Crippen LogP contribution in [0.1, 0.15) is 0 Å². The Bertz CT molecular complexity index is 2130. The third-order valence-corrected chi connectivity index (χ3v) is 8.68. The van der Waals surface area contributed by atoms with Gasteiger partial charge in [-0.3, -0.25) is 0 Å². The second kappa shape index (κ2) is 9.77. The zero-order valence-electron chi connectivity index (χ0n) is 22.0. The van der Waals surface area contributed by atoms with Gasteiger partial charge in [-0.25, -0.2) is 15.0 Å². The van der Waals surface area contributed by atoms with Crippen LogP contribution in [0.3, 0.4) is 0 Å². The van der Waals surface area contributed by atoms with Crippen molar-refractivity contribution in [3.8, 4) is 45.2 Å². The number of aromatic nitrogens is 3. The van der Waals surface area contributed by atoms with E-state index in [4.69, 9.17) is 15.0 Å². The van der Waals surface area contributed by atoms with Crippen molar-refractivity contribution in [3.05, 3.63) is 140 Å². The summed E-state index contributed by atoms with van der Waals surface area (Å²) in [6.45, 7) is 0. The highest BCUT2D eigenvalue weighted by Gasteiger charge is 2.17. The number of hydrogen-bond acceptors (Lipinski definition) is 4. The molecule has 0 aliphatic carbocycles. The molecule has 0 saturated carbocycles. The molecule has 0 unspecified atom stereocenters. The van der Waals surface area contributed by atoms with E-state index in [1.807, 2.05) is 47.7 Å². The first-order valence-corrected chi connectivity index (χ1v) is 14.4. The molecule has 0 radical (unpaired) electrons. The zero-order chi connectivity index (χ0) is 27.2. The molecule has 0 atom stereocenters. The Labute approximate surface area is 241 Å². The van der Waals surface area contributed by atoms with Gasteiger partial charge in [0.2, 0.25) is 0 Å². The lowest BCUT2D eigenvalue weighted by atomic mass is 10.0. The van der Waals surface area contributed by atoms with Crippen LogP contribution in [-0.4, -0.2) is 15.0 Å². The van der Waals surface area contributed by atoms with Crippen molar-refractivity contribution >= 4 is 42.4 Å². The number of hydrogen-bond donors (Lipinski definition) is 0. The minimum atomic E-state index is 0.708. The molecule has 3 heterocycles. The van der Waals surface area contributed by atoms with Crippen LogP contribution < -0.4 is 0 Å². The molecule has 0 saturated heterocycles. The van der Waals surface area contributed by atoms with Gasteiger partial charge in [0.15, 0.2) is 5.82 Å². The average molecular weight is 542 g/mol. The molecule has 8 rings (SSSR count). The summed E-state index contributed by atoms with van der Waals surface area (Å²) < 4.78 is 2.54. The molecular formula is C37H23N3S. The molecule has 8 aromatic rings. The minimum absolute atomic E-state index is 0.708. The van der Waals surface area contributed by atoms with E-state index >= 15 is 0 Å². The van der Waals surface area contributed by atoms with E-state index in [-0.39, 0.29) is 0 Å². The van der Waals surface area contributed by atoms with E-state index in [0.29, 0.717) is 5.82 Å². The molecule has 0 aliphatic heterocycles. The normalized spacial score (nSPS) is 11.4. The van der Waals surface area contributed by atoms with Gasteiger partial charge >= 0.3 is 0 Å². The van der Waals surface area contributed by atoms with Gasteiger partial charge in [0, 0.05) is 47.8 Å². The topological polar surface area (TPSA) is 38.7 Å². The van der Waals surface area contributed by atoms with Crippen LogP contribution >= 0.6 is 11.3 Å². The fourth-order valence-corrected chi connectivity index (χ4v) is 6.73. The van der Waals surface area contributed by atoms with Crippen LogP contribution in [0, 0.1) is 0 Å². The van der Waals surface area contributed by atoms with Crippen LogP contribution in [-0.2, 0) is 0 Å². The number of thiophene rings is 1. The number of rotatable bonds is 4. The lowest BCUT2D eigenvalue weighted by Crippen LogP contribution is -1.96. The first kappa shape index (κ1) is 23.7. The largest absolute Gasteiger partial charge is 0.247 e. The number of benzene rings is 5. The van der Waals surface area contributed by atoms with Crippen molar-refractivity contribution in [2.24, 2.45) is 0 Å². The highest BCUT2D eigenvalue weighted by molar-refractivity contribution is 7.26. The van der Waals surface area contributed by atoms with E-state index < -0.39 is 0 Å². The van der Waals surface area contributed by atoms with Crippen LogP contribution in [0.4, 0.5) is 0 Å². The molecule has 0 N–H and O–H groups in total. The maximum atomic E-state index is 5.31. The Morgan fingerprint density at radius 3 is 1.78 bits per heavy atom. The van der Waals surface area contributed by atoms with Crippen molar-refractivity contribution < 1.29 is 0 Å². The van der Waals surface area contributed by atoms with Gasteiger partial charge < -0.3 is 0 Å². The minimum Gasteiger partial charge on any atom is -0.247 e. The van der Waals surface area contributed by atoms with Gasteiger partial charge in [0.25, 0.3) is 0 Å². The lowest BCUT2D eigenvalue weighted by Gasteiger charge is -2.11. The molecule has 0 spiro atoms. The van der Waals surface area contributed by atoms with E-state index in [9.17, 15) is 0 Å². The Kier molecular flexibility index (Phi) is 5.64. The van der Waals surface area contributed by atoms with Crippen LogP contribution in [0.2, 0.25) is 0 Å². The van der Waals surface area contributed by atoms with Gasteiger partial charge in [-0.2, -0.15) is 0 Å². The summed E-state index contributed by atoms with van der Waals surface area (Å²) in [4.78, 5) is 15.3. The molecule has 0 fully saturated rings. The van der Waals surface area contributed by atoms with Crippen LogP contribution in [0.15, 0.2) is 140 Å². The van der Waals surface area contributed by atoms with Crippen molar-refractivity contribution in [2.75, 3.05) is 0 Å². The quantitative estimate of drug-likeness (QED) is 0.222. The summed E-state index contributed by atoms with van der Waals surface area (Å²) in [7, 11) is 0. The molecular weight excluding hydrogens is 518 g/mol. The second-order valence-electron chi connectivity index (χ2n) is 10.1. The Balaban J connectivity index is 1.38. The maximum absolute atomic E-state index is 5.31.